The number of carboxylic acids is 1. The van der Waals surface area contributed by atoms with E-state index in [1.807, 2.05) is 0 Å². The molecule has 2 atom stereocenters. The minimum absolute atomic E-state index is 0.230. The van der Waals surface area contributed by atoms with Crippen molar-refractivity contribution in [2.75, 3.05) is 0 Å². The molecule has 0 aromatic heterocycles. The monoisotopic (exact) mass is 251 g/mol. The van der Waals surface area contributed by atoms with Crippen molar-refractivity contribution in [3.63, 3.8) is 0 Å². The lowest BCUT2D eigenvalue weighted by atomic mass is 9.95. The quantitative estimate of drug-likeness (QED) is 0.593. The summed E-state index contributed by atoms with van der Waals surface area (Å²) in [6, 6.07) is 4.79. The van der Waals surface area contributed by atoms with Gasteiger partial charge in [-0.2, -0.15) is 0 Å². The number of aliphatic carboxylic acids is 1. The van der Waals surface area contributed by atoms with Crippen LogP contribution in [-0.4, -0.2) is 33.3 Å². The molecule has 0 radical (unpaired) electrons. The van der Waals surface area contributed by atoms with Crippen LogP contribution >= 0.6 is 0 Å². The van der Waals surface area contributed by atoms with Crippen molar-refractivity contribution in [3.05, 3.63) is 34.9 Å². The van der Waals surface area contributed by atoms with E-state index < -0.39 is 24.6 Å². The van der Waals surface area contributed by atoms with E-state index in [0.29, 0.717) is 16.7 Å². The van der Waals surface area contributed by atoms with Gasteiger partial charge in [0.25, 0.3) is 5.91 Å². The highest BCUT2D eigenvalue weighted by Gasteiger charge is 2.28. The first-order chi connectivity index (χ1) is 8.50. The zero-order valence-electron chi connectivity index (χ0n) is 9.46. The molecule has 0 spiro atoms. The Bertz CT molecular complexity index is 499. The smallest absolute Gasteiger partial charge is 0.306 e. The van der Waals surface area contributed by atoms with E-state index in [-0.39, 0.29) is 12.5 Å². The van der Waals surface area contributed by atoms with Crippen LogP contribution in [0.1, 0.15) is 34.0 Å². The van der Waals surface area contributed by atoms with Crippen LogP contribution in [0.2, 0.25) is 0 Å². The van der Waals surface area contributed by atoms with Crippen LogP contribution in [0, 0.1) is 0 Å². The van der Waals surface area contributed by atoms with Crippen LogP contribution in [0.5, 0.6) is 0 Å². The fourth-order valence-corrected chi connectivity index (χ4v) is 2.05. The van der Waals surface area contributed by atoms with Gasteiger partial charge in [0, 0.05) is 12.1 Å². The van der Waals surface area contributed by atoms with E-state index in [1.165, 1.54) is 0 Å². The second-order valence-corrected chi connectivity index (χ2v) is 4.17. The van der Waals surface area contributed by atoms with E-state index >= 15 is 0 Å². The third-order valence-electron chi connectivity index (χ3n) is 2.95. The molecule has 1 heterocycles. The van der Waals surface area contributed by atoms with Gasteiger partial charge in [-0.3, -0.25) is 9.59 Å². The zero-order valence-corrected chi connectivity index (χ0v) is 9.46. The molecule has 1 aliphatic rings. The van der Waals surface area contributed by atoms with Crippen LogP contribution in [0.4, 0.5) is 0 Å². The summed E-state index contributed by atoms with van der Waals surface area (Å²) in [5.41, 5.74) is 1.45. The summed E-state index contributed by atoms with van der Waals surface area (Å²) in [6.45, 7) is 0.279. The minimum atomic E-state index is -1.40. The maximum Gasteiger partial charge on any atom is 0.306 e. The predicted molar refractivity (Wildman–Crippen MR) is 60.8 cm³/mol. The van der Waals surface area contributed by atoms with E-state index in [2.05, 4.69) is 5.32 Å². The lowest BCUT2D eigenvalue weighted by Gasteiger charge is -2.18. The molecule has 1 aliphatic heterocycles. The van der Waals surface area contributed by atoms with Gasteiger partial charge in [0.05, 0.1) is 12.5 Å². The van der Waals surface area contributed by atoms with E-state index in [4.69, 9.17) is 5.11 Å². The molecule has 6 heteroatoms. The molecule has 4 N–H and O–H groups in total. The number of hydrogen-bond acceptors (Lipinski definition) is 4. The third kappa shape index (κ3) is 2.20. The minimum Gasteiger partial charge on any atom is -0.481 e. The van der Waals surface area contributed by atoms with Crippen LogP contribution in [-0.2, 0) is 11.3 Å². The number of aliphatic hydroxyl groups excluding tert-OH is 2. The highest BCUT2D eigenvalue weighted by Crippen LogP contribution is 2.27. The molecule has 2 rings (SSSR count). The first-order valence-electron chi connectivity index (χ1n) is 5.48. The number of carbonyl (C=O) groups excluding carboxylic acids is 1. The summed E-state index contributed by atoms with van der Waals surface area (Å²) >= 11 is 0. The second kappa shape index (κ2) is 4.75. The third-order valence-corrected chi connectivity index (χ3v) is 2.95. The van der Waals surface area contributed by atoms with Crippen LogP contribution < -0.4 is 5.32 Å². The molecule has 1 aromatic carbocycles. The fourth-order valence-electron chi connectivity index (χ4n) is 2.05. The number of carboxylic acid groups (broad SMARTS) is 1. The number of rotatable bonds is 4. The largest absolute Gasteiger partial charge is 0.481 e. The van der Waals surface area contributed by atoms with E-state index in [1.54, 1.807) is 18.2 Å². The summed E-state index contributed by atoms with van der Waals surface area (Å²) in [4.78, 5) is 21.9. The number of aliphatic hydroxyl groups is 2. The highest BCUT2D eigenvalue weighted by atomic mass is 16.4. The topological polar surface area (TPSA) is 107 Å². The number of hydrogen-bond donors (Lipinski definition) is 4. The van der Waals surface area contributed by atoms with Gasteiger partial charge < -0.3 is 20.6 Å². The van der Waals surface area contributed by atoms with Crippen LogP contribution in [0.15, 0.2) is 18.2 Å². The van der Waals surface area contributed by atoms with Crippen molar-refractivity contribution in [3.8, 4) is 0 Å². The molecule has 0 saturated carbocycles. The fraction of sp³-hybridized carbons (Fsp3) is 0.333. The Hall–Kier alpha value is -1.92. The van der Waals surface area contributed by atoms with Crippen LogP contribution in [0.3, 0.4) is 0 Å². The predicted octanol–water partition coefficient (Wildman–Crippen LogP) is -0.201. The molecule has 0 fully saturated rings. The summed E-state index contributed by atoms with van der Waals surface area (Å²) < 4.78 is 0. The van der Waals surface area contributed by atoms with E-state index in [9.17, 15) is 19.8 Å². The Morgan fingerprint density at radius 1 is 1.39 bits per heavy atom. The normalized spacial score (nSPS) is 16.9. The number of nitrogens with one attached hydrogen (secondary N) is 1. The average Bonchev–Trinajstić information content (AvgIpc) is 2.69. The Balaban J connectivity index is 2.29. The Morgan fingerprint density at radius 3 is 2.78 bits per heavy atom. The van der Waals surface area contributed by atoms with Gasteiger partial charge in [-0.25, -0.2) is 0 Å². The van der Waals surface area contributed by atoms with Crippen molar-refractivity contribution in [2.45, 2.75) is 25.2 Å². The van der Waals surface area contributed by atoms with Gasteiger partial charge in [0.2, 0.25) is 0 Å². The molecule has 6 nitrogen and oxygen atoms in total. The van der Waals surface area contributed by atoms with Crippen molar-refractivity contribution < 1.29 is 24.9 Å². The van der Waals surface area contributed by atoms with Crippen molar-refractivity contribution in [1.29, 1.82) is 0 Å². The van der Waals surface area contributed by atoms with Gasteiger partial charge in [-0.1, -0.05) is 12.1 Å². The average molecular weight is 251 g/mol. The van der Waals surface area contributed by atoms with E-state index in [0.717, 1.165) is 0 Å². The zero-order chi connectivity index (χ0) is 13.3. The number of benzene rings is 1. The Kier molecular flexibility index (Phi) is 3.31. The van der Waals surface area contributed by atoms with Crippen molar-refractivity contribution in [2.24, 2.45) is 0 Å². The molecular formula is C12H13NO5. The Labute approximate surface area is 103 Å². The second-order valence-electron chi connectivity index (χ2n) is 4.17. The molecule has 18 heavy (non-hydrogen) atoms. The molecule has 0 saturated heterocycles. The number of fused-ring (bicyclic) bond motifs is 1. The molecule has 1 amide bonds. The van der Waals surface area contributed by atoms with Gasteiger partial charge >= 0.3 is 5.97 Å². The summed E-state index contributed by atoms with van der Waals surface area (Å²) in [5.74, 6) is -1.42. The van der Waals surface area contributed by atoms with Crippen molar-refractivity contribution >= 4 is 11.9 Å². The molecule has 1 aromatic rings. The summed E-state index contributed by atoms with van der Waals surface area (Å²) in [5, 5.41) is 30.7. The SMILES string of the molecule is O=C(O)CC(O)C(O)c1cccc2c1CNC2=O. The molecule has 0 aliphatic carbocycles. The van der Waals surface area contributed by atoms with Gasteiger partial charge in [-0.15, -0.1) is 0 Å². The van der Waals surface area contributed by atoms with Gasteiger partial charge in [-0.05, 0) is 17.2 Å². The first kappa shape index (κ1) is 12.5. The van der Waals surface area contributed by atoms with Gasteiger partial charge in [0.1, 0.15) is 6.10 Å². The summed E-state index contributed by atoms with van der Waals surface area (Å²) in [6.07, 6.45) is -3.26. The maximum absolute atomic E-state index is 11.4. The lowest BCUT2D eigenvalue weighted by molar-refractivity contribution is -0.141. The first-order valence-corrected chi connectivity index (χ1v) is 5.48. The number of carbonyl (C=O) groups is 2. The van der Waals surface area contributed by atoms with Crippen LogP contribution in [0.25, 0.3) is 0 Å². The highest BCUT2D eigenvalue weighted by molar-refractivity contribution is 5.98. The standard InChI is InChI=1S/C12H13NO5/c14-9(4-10(15)16)11(17)6-2-1-3-7-8(6)5-13-12(7)18/h1-3,9,11,14,17H,4-5H2,(H,13,18)(H,15,16). The number of amides is 1. The summed E-state index contributed by atoms with van der Waals surface area (Å²) in [7, 11) is 0. The lowest BCUT2D eigenvalue weighted by Crippen LogP contribution is -2.22. The van der Waals surface area contributed by atoms with Crippen molar-refractivity contribution in [1.82, 2.24) is 5.32 Å². The molecule has 0 bridgehead atoms. The molecule has 96 valence electrons. The van der Waals surface area contributed by atoms with Gasteiger partial charge in [0.15, 0.2) is 0 Å². The Morgan fingerprint density at radius 2 is 2.11 bits per heavy atom. The molecule has 2 unspecified atom stereocenters. The molecular weight excluding hydrogens is 238 g/mol. The maximum atomic E-state index is 11.4.